The minimum absolute atomic E-state index is 0.102. The van der Waals surface area contributed by atoms with Gasteiger partial charge in [0.05, 0.1) is 13.2 Å². The second-order valence-electron chi connectivity index (χ2n) is 13.7. The van der Waals surface area contributed by atoms with Crippen molar-refractivity contribution >= 4 is 33.8 Å². The average molecular weight is 731 g/mol. The first-order valence-electron chi connectivity index (χ1n) is 20.2. The Bertz CT molecular complexity index is 704. The molecule has 7 heteroatoms. The third-order valence-electron chi connectivity index (χ3n) is 9.05. The first-order chi connectivity index (χ1) is 23.0. The molecule has 6 nitrogen and oxygen atoms in total. The van der Waals surface area contributed by atoms with Crippen LogP contribution in [-0.2, 0) is 23.9 Å². The van der Waals surface area contributed by atoms with Crippen LogP contribution in [0.5, 0.6) is 0 Å². The Kier molecular flexibility index (Phi) is 36.8. The van der Waals surface area contributed by atoms with E-state index in [0.717, 1.165) is 56.7 Å². The van der Waals surface area contributed by atoms with E-state index in [0.29, 0.717) is 19.6 Å². The number of unbranched alkanes of at least 4 members (excludes halogenated alkanes) is 25. The van der Waals surface area contributed by atoms with Gasteiger partial charge in [-0.2, -0.15) is 0 Å². The summed E-state index contributed by atoms with van der Waals surface area (Å²) in [7, 11) is 0. The van der Waals surface area contributed by atoms with Crippen LogP contribution < -0.4 is 5.32 Å². The zero-order valence-electron chi connectivity index (χ0n) is 31.0. The predicted octanol–water partition coefficient (Wildman–Crippen LogP) is 12.1. The molecule has 0 aromatic rings. The van der Waals surface area contributed by atoms with Gasteiger partial charge >= 0.3 is 11.9 Å². The highest BCUT2D eigenvalue weighted by Gasteiger charge is 2.23. The van der Waals surface area contributed by atoms with Crippen molar-refractivity contribution in [2.24, 2.45) is 0 Å². The van der Waals surface area contributed by atoms with Gasteiger partial charge in [0, 0.05) is 18.2 Å². The van der Waals surface area contributed by atoms with E-state index < -0.39 is 12.0 Å². The Labute approximate surface area is 299 Å². The molecule has 0 aliphatic carbocycles. The number of hydrogen-bond acceptors (Lipinski definition) is 5. The Morgan fingerprint density at radius 2 is 0.872 bits per heavy atom. The Hall–Kier alpha value is -1.11. The van der Waals surface area contributed by atoms with Crippen molar-refractivity contribution in [3.8, 4) is 0 Å². The Balaban J connectivity index is 4.35. The summed E-state index contributed by atoms with van der Waals surface area (Å²) in [6, 6.07) is -0.801. The van der Waals surface area contributed by atoms with E-state index in [1.54, 1.807) is 0 Å². The molecule has 0 unspecified atom stereocenters. The van der Waals surface area contributed by atoms with Gasteiger partial charge < -0.3 is 14.8 Å². The molecule has 0 aliphatic heterocycles. The number of hydrogen-bond donors (Lipinski definition) is 1. The molecule has 1 N–H and O–H groups in total. The molecule has 0 saturated carbocycles. The number of amides is 1. The van der Waals surface area contributed by atoms with Crippen molar-refractivity contribution in [2.45, 2.75) is 219 Å². The summed E-state index contributed by atoms with van der Waals surface area (Å²) in [5.41, 5.74) is 0. The summed E-state index contributed by atoms with van der Waals surface area (Å²) in [6.07, 6.45) is 34.4. The summed E-state index contributed by atoms with van der Waals surface area (Å²) in [4.78, 5) is 38.1. The molecule has 278 valence electrons. The topological polar surface area (TPSA) is 81.7 Å². The third kappa shape index (κ3) is 34.5. The van der Waals surface area contributed by atoms with Crippen molar-refractivity contribution < 1.29 is 23.9 Å². The van der Waals surface area contributed by atoms with E-state index in [1.807, 2.05) is 0 Å². The van der Waals surface area contributed by atoms with E-state index in [1.165, 1.54) is 128 Å². The Morgan fingerprint density at radius 1 is 0.489 bits per heavy atom. The standard InChI is InChI=1S/C40H76BrNO5/c1-3-5-7-9-11-13-17-21-25-29-35-46-39(44)33-32-37(42-38(43)31-27-23-19-15-16-20-24-28-34-41)40(45)47-36-30-26-22-18-14-12-10-8-6-4-2/h37H,3-36H2,1-2H3,(H,42,43)/t37-/m0/s1. The van der Waals surface area contributed by atoms with Crippen LogP contribution in [0.4, 0.5) is 0 Å². The smallest absolute Gasteiger partial charge is 0.328 e. The van der Waals surface area contributed by atoms with E-state index in [9.17, 15) is 14.4 Å². The number of nitrogens with one attached hydrogen (secondary N) is 1. The van der Waals surface area contributed by atoms with Crippen LogP contribution in [-0.4, -0.2) is 42.4 Å². The van der Waals surface area contributed by atoms with Crippen LogP contribution in [0.1, 0.15) is 213 Å². The number of carbonyl (C=O) groups is 3. The molecule has 0 aromatic heterocycles. The predicted molar refractivity (Wildman–Crippen MR) is 202 cm³/mol. The number of esters is 2. The summed E-state index contributed by atoms with van der Waals surface area (Å²) < 4.78 is 11.0. The van der Waals surface area contributed by atoms with Crippen molar-refractivity contribution in [3.05, 3.63) is 0 Å². The number of ether oxygens (including phenoxy) is 2. The number of alkyl halides is 1. The first kappa shape index (κ1) is 45.9. The molecule has 0 rings (SSSR count). The van der Waals surface area contributed by atoms with Crippen LogP contribution in [0.3, 0.4) is 0 Å². The largest absolute Gasteiger partial charge is 0.466 e. The molecule has 47 heavy (non-hydrogen) atoms. The molecule has 0 bridgehead atoms. The minimum Gasteiger partial charge on any atom is -0.466 e. The molecular weight excluding hydrogens is 654 g/mol. The molecule has 1 amide bonds. The van der Waals surface area contributed by atoms with Gasteiger partial charge in [0.2, 0.25) is 5.91 Å². The number of rotatable bonds is 37. The van der Waals surface area contributed by atoms with Crippen LogP contribution in [0, 0.1) is 0 Å². The molecule has 0 heterocycles. The SMILES string of the molecule is CCCCCCCCCCCCOC(=O)CC[C@H](NC(=O)CCCCCCCCCCBr)C(=O)OCCCCCCCCCCCC. The lowest BCUT2D eigenvalue weighted by Crippen LogP contribution is -2.42. The van der Waals surface area contributed by atoms with Crippen molar-refractivity contribution in [3.63, 3.8) is 0 Å². The lowest BCUT2D eigenvalue weighted by atomic mass is 10.1. The second-order valence-corrected chi connectivity index (χ2v) is 14.5. The monoisotopic (exact) mass is 729 g/mol. The summed E-state index contributed by atoms with van der Waals surface area (Å²) in [6.45, 7) is 5.28. The molecular formula is C40H76BrNO5. The quantitative estimate of drug-likeness (QED) is 0.0391. The minimum atomic E-state index is -0.801. The maximum atomic E-state index is 12.9. The maximum Gasteiger partial charge on any atom is 0.328 e. The number of carbonyl (C=O) groups excluding carboxylic acids is 3. The molecule has 0 fully saturated rings. The summed E-state index contributed by atoms with van der Waals surface area (Å²) in [5.74, 6) is -0.874. The fraction of sp³-hybridized carbons (Fsp3) is 0.925. The van der Waals surface area contributed by atoms with E-state index in [2.05, 4.69) is 35.1 Å². The molecule has 0 saturated heterocycles. The lowest BCUT2D eigenvalue weighted by Gasteiger charge is -2.18. The van der Waals surface area contributed by atoms with Gasteiger partial charge in [0.25, 0.3) is 0 Å². The lowest BCUT2D eigenvalue weighted by molar-refractivity contribution is -0.149. The van der Waals surface area contributed by atoms with Crippen molar-refractivity contribution in [1.82, 2.24) is 5.32 Å². The second kappa shape index (κ2) is 37.7. The number of halogens is 1. The van der Waals surface area contributed by atoms with Crippen molar-refractivity contribution in [2.75, 3.05) is 18.5 Å². The van der Waals surface area contributed by atoms with E-state index in [-0.39, 0.29) is 24.7 Å². The Morgan fingerprint density at radius 3 is 1.32 bits per heavy atom. The fourth-order valence-electron chi connectivity index (χ4n) is 5.93. The normalized spacial score (nSPS) is 11.8. The third-order valence-corrected chi connectivity index (χ3v) is 9.61. The van der Waals surface area contributed by atoms with Gasteiger partial charge in [0.1, 0.15) is 6.04 Å². The molecule has 1 atom stereocenters. The van der Waals surface area contributed by atoms with Crippen molar-refractivity contribution in [1.29, 1.82) is 0 Å². The summed E-state index contributed by atoms with van der Waals surface area (Å²) >= 11 is 3.48. The van der Waals surface area contributed by atoms with E-state index in [4.69, 9.17) is 9.47 Å². The molecule has 0 spiro atoms. The molecule has 0 aromatic carbocycles. The van der Waals surface area contributed by atoms with Crippen LogP contribution in [0.15, 0.2) is 0 Å². The van der Waals surface area contributed by atoms with Gasteiger partial charge in [-0.05, 0) is 32.1 Å². The average Bonchev–Trinajstić information content (AvgIpc) is 3.07. The summed E-state index contributed by atoms with van der Waals surface area (Å²) in [5, 5.41) is 3.95. The highest BCUT2D eigenvalue weighted by molar-refractivity contribution is 9.09. The maximum absolute atomic E-state index is 12.9. The highest BCUT2D eigenvalue weighted by Crippen LogP contribution is 2.14. The van der Waals surface area contributed by atoms with Gasteiger partial charge in [-0.3, -0.25) is 9.59 Å². The van der Waals surface area contributed by atoms with Crippen LogP contribution >= 0.6 is 15.9 Å². The van der Waals surface area contributed by atoms with Gasteiger partial charge in [-0.15, -0.1) is 0 Å². The fourth-order valence-corrected chi connectivity index (χ4v) is 6.33. The van der Waals surface area contributed by atoms with Gasteiger partial charge in [0.15, 0.2) is 0 Å². The van der Waals surface area contributed by atoms with E-state index >= 15 is 0 Å². The van der Waals surface area contributed by atoms with Gasteiger partial charge in [-0.25, -0.2) is 4.79 Å². The van der Waals surface area contributed by atoms with Crippen LogP contribution in [0.2, 0.25) is 0 Å². The van der Waals surface area contributed by atoms with Gasteiger partial charge in [-0.1, -0.05) is 184 Å². The zero-order chi connectivity index (χ0) is 34.5. The molecule has 0 aliphatic rings. The molecule has 0 radical (unpaired) electrons. The zero-order valence-corrected chi connectivity index (χ0v) is 32.6. The first-order valence-corrected chi connectivity index (χ1v) is 21.3. The highest BCUT2D eigenvalue weighted by atomic mass is 79.9. The van der Waals surface area contributed by atoms with Crippen LogP contribution in [0.25, 0.3) is 0 Å².